The largest absolute Gasteiger partial charge is 0.395 e. The maximum absolute atomic E-state index is 9.28. The molecule has 0 unspecified atom stereocenters. The van der Waals surface area contributed by atoms with Crippen molar-refractivity contribution in [1.82, 2.24) is 4.98 Å². The Hall–Kier alpha value is -1.61. The van der Waals surface area contributed by atoms with Crippen LogP contribution in [0.2, 0.25) is 0 Å². The molecule has 0 fully saturated rings. The van der Waals surface area contributed by atoms with Crippen molar-refractivity contribution in [2.24, 2.45) is 0 Å². The third kappa shape index (κ3) is 3.24. The molecule has 0 bridgehead atoms. The molecule has 0 radical (unpaired) electrons. The Balaban J connectivity index is 2.45. The average molecular weight is 258 g/mol. The van der Waals surface area contributed by atoms with Crippen molar-refractivity contribution >= 4 is 16.6 Å². The maximum Gasteiger partial charge on any atom is 0.0726 e. The monoisotopic (exact) mass is 258 g/mol. The summed E-state index contributed by atoms with van der Waals surface area (Å²) in [5.74, 6) is 0. The fourth-order valence-corrected chi connectivity index (χ4v) is 2.37. The lowest BCUT2D eigenvalue weighted by atomic mass is 10.1. The smallest absolute Gasteiger partial charge is 0.0726 e. The van der Waals surface area contributed by atoms with Gasteiger partial charge in [-0.2, -0.15) is 0 Å². The van der Waals surface area contributed by atoms with Crippen molar-refractivity contribution in [1.29, 1.82) is 0 Å². The highest BCUT2D eigenvalue weighted by molar-refractivity contribution is 5.91. The van der Waals surface area contributed by atoms with Gasteiger partial charge < -0.3 is 10.0 Å². The highest BCUT2D eigenvalue weighted by Crippen LogP contribution is 2.26. The van der Waals surface area contributed by atoms with Crippen LogP contribution in [-0.2, 0) is 0 Å². The minimum Gasteiger partial charge on any atom is -0.395 e. The van der Waals surface area contributed by atoms with Crippen molar-refractivity contribution in [3.8, 4) is 0 Å². The first kappa shape index (κ1) is 13.8. The number of para-hydroxylation sites is 1. The number of aryl methyl sites for hydroxylation is 1. The van der Waals surface area contributed by atoms with Gasteiger partial charge in [0.05, 0.1) is 12.1 Å². The number of aliphatic hydroxyl groups is 1. The van der Waals surface area contributed by atoms with Crippen LogP contribution in [-0.4, -0.2) is 29.8 Å². The zero-order valence-electron chi connectivity index (χ0n) is 11.8. The molecule has 0 aliphatic carbocycles. The minimum atomic E-state index is 0.180. The Labute approximate surface area is 114 Å². The highest BCUT2D eigenvalue weighted by Gasteiger charge is 2.10. The summed E-state index contributed by atoms with van der Waals surface area (Å²) in [5, 5.41) is 10.4. The first-order chi connectivity index (χ1) is 9.26. The SMILES string of the molecule is CCCCN(CCO)c1cc(C)nc2ccccc12. The molecular formula is C16H22N2O. The third-order valence-electron chi connectivity index (χ3n) is 3.31. The van der Waals surface area contributed by atoms with Gasteiger partial charge in [0.2, 0.25) is 0 Å². The van der Waals surface area contributed by atoms with Crippen LogP contribution in [0, 0.1) is 6.92 Å². The molecule has 19 heavy (non-hydrogen) atoms. The Bertz CT molecular complexity index is 539. The second-order valence-corrected chi connectivity index (χ2v) is 4.86. The number of fused-ring (bicyclic) bond motifs is 1. The number of pyridine rings is 1. The number of nitrogens with zero attached hydrogens (tertiary/aromatic N) is 2. The Morgan fingerprint density at radius 1 is 1.21 bits per heavy atom. The Morgan fingerprint density at radius 2 is 2.00 bits per heavy atom. The van der Waals surface area contributed by atoms with Crippen LogP contribution in [0.3, 0.4) is 0 Å². The van der Waals surface area contributed by atoms with E-state index < -0.39 is 0 Å². The van der Waals surface area contributed by atoms with E-state index in [4.69, 9.17) is 0 Å². The second kappa shape index (κ2) is 6.53. The lowest BCUT2D eigenvalue weighted by molar-refractivity contribution is 0.301. The van der Waals surface area contributed by atoms with Gasteiger partial charge in [0, 0.05) is 29.9 Å². The number of hydrogen-bond acceptors (Lipinski definition) is 3. The van der Waals surface area contributed by atoms with Crippen LogP contribution in [0.4, 0.5) is 5.69 Å². The van der Waals surface area contributed by atoms with E-state index in [9.17, 15) is 5.11 Å². The summed E-state index contributed by atoms with van der Waals surface area (Å²) >= 11 is 0. The molecule has 0 aliphatic rings. The van der Waals surface area contributed by atoms with Crippen LogP contribution in [0.15, 0.2) is 30.3 Å². The Kier molecular flexibility index (Phi) is 4.74. The van der Waals surface area contributed by atoms with Crippen LogP contribution in [0.1, 0.15) is 25.5 Å². The number of unbranched alkanes of at least 4 members (excludes halogenated alkanes) is 1. The topological polar surface area (TPSA) is 36.4 Å². The fraction of sp³-hybridized carbons (Fsp3) is 0.438. The number of anilines is 1. The normalized spacial score (nSPS) is 10.9. The summed E-state index contributed by atoms with van der Waals surface area (Å²) in [5.41, 5.74) is 3.23. The molecule has 1 aromatic heterocycles. The Morgan fingerprint density at radius 3 is 2.74 bits per heavy atom. The standard InChI is InChI=1S/C16H22N2O/c1-3-4-9-18(10-11-19)16-12-13(2)17-15-8-6-5-7-14(15)16/h5-8,12,19H,3-4,9-11H2,1-2H3. The molecule has 3 nitrogen and oxygen atoms in total. The second-order valence-electron chi connectivity index (χ2n) is 4.86. The molecule has 0 aliphatic heterocycles. The molecule has 0 atom stereocenters. The summed E-state index contributed by atoms with van der Waals surface area (Å²) < 4.78 is 0. The molecule has 1 heterocycles. The maximum atomic E-state index is 9.28. The van der Waals surface area contributed by atoms with E-state index in [-0.39, 0.29) is 6.61 Å². The van der Waals surface area contributed by atoms with Gasteiger partial charge in [-0.25, -0.2) is 0 Å². The number of aromatic nitrogens is 1. The minimum absolute atomic E-state index is 0.180. The van der Waals surface area contributed by atoms with Crippen LogP contribution in [0.5, 0.6) is 0 Å². The van der Waals surface area contributed by atoms with Gasteiger partial charge in [-0.15, -0.1) is 0 Å². The van der Waals surface area contributed by atoms with Gasteiger partial charge in [-0.05, 0) is 25.5 Å². The molecule has 0 saturated carbocycles. The molecule has 3 heteroatoms. The van der Waals surface area contributed by atoms with E-state index in [0.717, 1.165) is 36.0 Å². The molecule has 0 amide bonds. The zero-order chi connectivity index (χ0) is 13.7. The first-order valence-corrected chi connectivity index (χ1v) is 6.98. The lowest BCUT2D eigenvalue weighted by Gasteiger charge is -2.25. The number of rotatable bonds is 6. The van der Waals surface area contributed by atoms with Gasteiger partial charge in [0.25, 0.3) is 0 Å². The van der Waals surface area contributed by atoms with Crippen molar-refractivity contribution in [3.05, 3.63) is 36.0 Å². The van der Waals surface area contributed by atoms with E-state index in [1.807, 2.05) is 25.1 Å². The predicted molar refractivity (Wildman–Crippen MR) is 80.7 cm³/mol. The van der Waals surface area contributed by atoms with Gasteiger partial charge in [-0.1, -0.05) is 31.5 Å². The lowest BCUT2D eigenvalue weighted by Crippen LogP contribution is -2.28. The quantitative estimate of drug-likeness (QED) is 0.864. The van der Waals surface area contributed by atoms with Crippen molar-refractivity contribution < 1.29 is 5.11 Å². The number of hydrogen-bond donors (Lipinski definition) is 1. The van der Waals surface area contributed by atoms with E-state index in [2.05, 4.69) is 28.9 Å². The number of aliphatic hydroxyl groups excluding tert-OH is 1. The van der Waals surface area contributed by atoms with E-state index in [1.165, 1.54) is 5.69 Å². The number of benzene rings is 1. The van der Waals surface area contributed by atoms with Gasteiger partial charge >= 0.3 is 0 Å². The summed E-state index contributed by atoms with van der Waals surface area (Å²) in [6.45, 7) is 6.04. The zero-order valence-corrected chi connectivity index (χ0v) is 11.8. The van der Waals surface area contributed by atoms with Crippen LogP contribution >= 0.6 is 0 Å². The molecule has 2 rings (SSSR count). The summed E-state index contributed by atoms with van der Waals surface area (Å²) in [6, 6.07) is 10.3. The van der Waals surface area contributed by atoms with E-state index in [0.29, 0.717) is 6.54 Å². The van der Waals surface area contributed by atoms with Gasteiger partial charge in [0.15, 0.2) is 0 Å². The van der Waals surface area contributed by atoms with Crippen LogP contribution in [0.25, 0.3) is 10.9 Å². The van der Waals surface area contributed by atoms with Crippen molar-refractivity contribution in [2.75, 3.05) is 24.6 Å². The molecule has 0 saturated heterocycles. The van der Waals surface area contributed by atoms with Crippen LogP contribution < -0.4 is 4.90 Å². The fourth-order valence-electron chi connectivity index (χ4n) is 2.37. The summed E-state index contributed by atoms with van der Waals surface area (Å²) in [4.78, 5) is 6.83. The highest BCUT2D eigenvalue weighted by atomic mass is 16.3. The molecule has 2 aromatic rings. The summed E-state index contributed by atoms with van der Waals surface area (Å²) in [6.07, 6.45) is 2.29. The van der Waals surface area contributed by atoms with E-state index in [1.54, 1.807) is 0 Å². The van der Waals surface area contributed by atoms with Gasteiger partial charge in [0.1, 0.15) is 0 Å². The van der Waals surface area contributed by atoms with Gasteiger partial charge in [-0.3, -0.25) is 4.98 Å². The third-order valence-corrected chi connectivity index (χ3v) is 3.31. The molecule has 102 valence electrons. The molecule has 1 N–H and O–H groups in total. The average Bonchev–Trinajstić information content (AvgIpc) is 2.42. The molecular weight excluding hydrogens is 236 g/mol. The first-order valence-electron chi connectivity index (χ1n) is 6.98. The molecule has 0 spiro atoms. The van der Waals surface area contributed by atoms with Crippen molar-refractivity contribution in [2.45, 2.75) is 26.7 Å². The molecule has 1 aromatic carbocycles. The van der Waals surface area contributed by atoms with E-state index >= 15 is 0 Å². The predicted octanol–water partition coefficient (Wildman–Crippen LogP) is 3.14. The summed E-state index contributed by atoms with van der Waals surface area (Å²) in [7, 11) is 0. The van der Waals surface area contributed by atoms with Crippen molar-refractivity contribution in [3.63, 3.8) is 0 Å².